The number of thiocarbonyl (C=S) groups is 1. The molecule has 3 rings (SSSR count). The average molecular weight is 462 g/mol. The van der Waals surface area contributed by atoms with E-state index >= 15 is 0 Å². The van der Waals surface area contributed by atoms with E-state index in [1.165, 1.54) is 0 Å². The lowest BCUT2D eigenvalue weighted by Gasteiger charge is -2.12. The van der Waals surface area contributed by atoms with Crippen molar-refractivity contribution in [3.05, 3.63) is 95.6 Å². The summed E-state index contributed by atoms with van der Waals surface area (Å²) < 4.78 is 5.67. The molecule has 0 aromatic heterocycles. The van der Waals surface area contributed by atoms with E-state index < -0.39 is 0 Å². The van der Waals surface area contributed by atoms with Gasteiger partial charge in [0.25, 0.3) is 11.8 Å². The molecule has 0 bridgehead atoms. The predicted octanol–water partition coefficient (Wildman–Crippen LogP) is 4.78. The number of hydrogen-bond acceptors (Lipinski definition) is 4. The van der Waals surface area contributed by atoms with Crippen LogP contribution < -0.4 is 20.7 Å². The van der Waals surface area contributed by atoms with Gasteiger partial charge in [0.1, 0.15) is 5.75 Å². The van der Waals surface area contributed by atoms with Crippen LogP contribution in [0.1, 0.15) is 40.1 Å². The van der Waals surface area contributed by atoms with Gasteiger partial charge < -0.3 is 15.4 Å². The summed E-state index contributed by atoms with van der Waals surface area (Å²) in [6.07, 6.45) is 0. The number of rotatable bonds is 8. The normalized spacial score (nSPS) is 10.4. The SMILES string of the molecule is CC(C)COc1cccc(C(=O)NC(=S)Nc2ccc(C(=O)NCc3ccccc3)cc2)c1. The highest BCUT2D eigenvalue weighted by Gasteiger charge is 2.10. The van der Waals surface area contributed by atoms with Gasteiger partial charge in [-0.05, 0) is 66.2 Å². The Bertz CT molecular complexity index is 1100. The van der Waals surface area contributed by atoms with Crippen LogP contribution in [0.25, 0.3) is 0 Å². The molecular formula is C26H27N3O3S. The van der Waals surface area contributed by atoms with Crippen LogP contribution in [0.15, 0.2) is 78.9 Å². The van der Waals surface area contributed by atoms with Crippen molar-refractivity contribution in [3.8, 4) is 5.75 Å². The van der Waals surface area contributed by atoms with Gasteiger partial charge in [-0.25, -0.2) is 0 Å². The summed E-state index contributed by atoms with van der Waals surface area (Å²) in [4.78, 5) is 24.9. The van der Waals surface area contributed by atoms with Gasteiger partial charge in [0.2, 0.25) is 0 Å². The Morgan fingerprint density at radius 3 is 2.30 bits per heavy atom. The van der Waals surface area contributed by atoms with Gasteiger partial charge in [-0.2, -0.15) is 0 Å². The number of anilines is 1. The molecule has 0 aliphatic heterocycles. The molecule has 0 saturated carbocycles. The second-order valence-electron chi connectivity index (χ2n) is 7.89. The minimum atomic E-state index is -0.334. The van der Waals surface area contributed by atoms with Crippen molar-refractivity contribution in [2.45, 2.75) is 20.4 Å². The van der Waals surface area contributed by atoms with Gasteiger partial charge in [0.05, 0.1) is 6.61 Å². The van der Waals surface area contributed by atoms with Gasteiger partial charge in [0.15, 0.2) is 5.11 Å². The van der Waals surface area contributed by atoms with Gasteiger partial charge >= 0.3 is 0 Å². The van der Waals surface area contributed by atoms with E-state index in [2.05, 4.69) is 29.8 Å². The summed E-state index contributed by atoms with van der Waals surface area (Å²) in [5.74, 6) is 0.525. The van der Waals surface area contributed by atoms with Crippen molar-refractivity contribution in [2.75, 3.05) is 11.9 Å². The van der Waals surface area contributed by atoms with Crippen LogP contribution in [-0.2, 0) is 6.54 Å². The molecule has 6 nitrogen and oxygen atoms in total. The lowest BCUT2D eigenvalue weighted by Crippen LogP contribution is -2.34. The van der Waals surface area contributed by atoms with Crippen molar-refractivity contribution >= 4 is 34.8 Å². The minimum Gasteiger partial charge on any atom is -0.493 e. The quantitative estimate of drug-likeness (QED) is 0.421. The molecule has 3 N–H and O–H groups in total. The molecule has 0 heterocycles. The minimum absolute atomic E-state index is 0.162. The number of hydrogen-bond donors (Lipinski definition) is 3. The standard InChI is InChI=1S/C26H27N3O3S/c1-18(2)17-32-23-10-6-9-21(15-23)25(31)29-26(33)28-22-13-11-20(12-14-22)24(30)27-16-19-7-4-3-5-8-19/h3-15,18H,16-17H2,1-2H3,(H,27,30)(H2,28,29,31,33). The first-order valence-corrected chi connectivity index (χ1v) is 11.1. The van der Waals surface area contributed by atoms with Crippen LogP contribution in [0.3, 0.4) is 0 Å². The van der Waals surface area contributed by atoms with Crippen molar-refractivity contribution in [1.82, 2.24) is 10.6 Å². The van der Waals surface area contributed by atoms with Gasteiger partial charge in [-0.15, -0.1) is 0 Å². The highest BCUT2D eigenvalue weighted by molar-refractivity contribution is 7.80. The first-order chi connectivity index (χ1) is 15.9. The fourth-order valence-electron chi connectivity index (χ4n) is 2.91. The Morgan fingerprint density at radius 1 is 0.879 bits per heavy atom. The molecule has 0 atom stereocenters. The number of carbonyl (C=O) groups excluding carboxylic acids is 2. The molecule has 33 heavy (non-hydrogen) atoms. The van der Waals surface area contributed by atoms with Crippen LogP contribution in [0.2, 0.25) is 0 Å². The van der Waals surface area contributed by atoms with Gasteiger partial charge in [-0.1, -0.05) is 50.2 Å². The molecule has 0 fully saturated rings. The highest BCUT2D eigenvalue weighted by atomic mass is 32.1. The molecule has 170 valence electrons. The Morgan fingerprint density at radius 2 is 1.61 bits per heavy atom. The number of carbonyl (C=O) groups is 2. The zero-order chi connectivity index (χ0) is 23.6. The van der Waals surface area contributed by atoms with E-state index in [1.54, 1.807) is 42.5 Å². The maximum absolute atomic E-state index is 12.5. The first kappa shape index (κ1) is 23.9. The molecular weight excluding hydrogens is 434 g/mol. The second kappa shape index (κ2) is 11.8. The van der Waals surface area contributed by atoms with Crippen molar-refractivity contribution in [3.63, 3.8) is 0 Å². The zero-order valence-corrected chi connectivity index (χ0v) is 19.4. The monoisotopic (exact) mass is 461 g/mol. The van der Waals surface area contributed by atoms with E-state index in [1.807, 2.05) is 36.4 Å². The van der Waals surface area contributed by atoms with Crippen molar-refractivity contribution in [1.29, 1.82) is 0 Å². The van der Waals surface area contributed by atoms with E-state index in [9.17, 15) is 9.59 Å². The first-order valence-electron chi connectivity index (χ1n) is 10.7. The third kappa shape index (κ3) is 7.73. The fourth-order valence-corrected chi connectivity index (χ4v) is 3.12. The molecule has 0 spiro atoms. The lowest BCUT2D eigenvalue weighted by molar-refractivity contribution is 0.0948. The number of amides is 2. The molecule has 3 aromatic carbocycles. The Labute approximate surface area is 199 Å². The Kier molecular flexibility index (Phi) is 8.55. The van der Waals surface area contributed by atoms with Gasteiger partial charge in [-0.3, -0.25) is 14.9 Å². The molecule has 0 radical (unpaired) electrons. The van der Waals surface area contributed by atoms with Crippen LogP contribution in [0.4, 0.5) is 5.69 Å². The largest absolute Gasteiger partial charge is 0.493 e. The smallest absolute Gasteiger partial charge is 0.257 e. The summed E-state index contributed by atoms with van der Waals surface area (Å²) in [5.41, 5.74) is 2.67. The highest BCUT2D eigenvalue weighted by Crippen LogP contribution is 2.15. The predicted molar refractivity (Wildman–Crippen MR) is 135 cm³/mol. The van der Waals surface area contributed by atoms with E-state index in [0.29, 0.717) is 41.6 Å². The molecule has 7 heteroatoms. The fraction of sp³-hybridized carbons (Fsp3) is 0.192. The van der Waals surface area contributed by atoms with Gasteiger partial charge in [0, 0.05) is 23.4 Å². The number of ether oxygens (including phenoxy) is 1. The topological polar surface area (TPSA) is 79.5 Å². The summed E-state index contributed by atoms with van der Waals surface area (Å²) in [7, 11) is 0. The Hall–Kier alpha value is -3.71. The maximum atomic E-state index is 12.5. The molecule has 0 unspecified atom stereocenters. The summed E-state index contributed by atoms with van der Waals surface area (Å²) in [6.45, 7) is 5.15. The average Bonchev–Trinajstić information content (AvgIpc) is 2.82. The molecule has 0 aliphatic rings. The van der Waals surface area contributed by atoms with E-state index in [-0.39, 0.29) is 16.9 Å². The third-order valence-electron chi connectivity index (χ3n) is 4.61. The van der Waals surface area contributed by atoms with Crippen LogP contribution in [0.5, 0.6) is 5.75 Å². The Balaban J connectivity index is 1.50. The summed E-state index contributed by atoms with van der Waals surface area (Å²) in [6, 6.07) is 23.5. The van der Waals surface area contributed by atoms with Crippen LogP contribution in [-0.4, -0.2) is 23.5 Å². The second-order valence-corrected chi connectivity index (χ2v) is 8.29. The maximum Gasteiger partial charge on any atom is 0.257 e. The van der Waals surface area contributed by atoms with E-state index in [4.69, 9.17) is 17.0 Å². The summed E-state index contributed by atoms with van der Waals surface area (Å²) >= 11 is 5.26. The van der Waals surface area contributed by atoms with E-state index in [0.717, 1.165) is 5.56 Å². The molecule has 3 aromatic rings. The van der Waals surface area contributed by atoms with Crippen LogP contribution >= 0.6 is 12.2 Å². The number of benzene rings is 3. The lowest BCUT2D eigenvalue weighted by atomic mass is 10.1. The molecule has 2 amide bonds. The summed E-state index contributed by atoms with van der Waals surface area (Å²) in [5, 5.41) is 8.67. The van der Waals surface area contributed by atoms with Crippen LogP contribution in [0, 0.1) is 5.92 Å². The van der Waals surface area contributed by atoms with Crippen molar-refractivity contribution < 1.29 is 14.3 Å². The molecule has 0 aliphatic carbocycles. The zero-order valence-electron chi connectivity index (χ0n) is 18.6. The molecule has 0 saturated heterocycles. The third-order valence-corrected chi connectivity index (χ3v) is 4.81. The van der Waals surface area contributed by atoms with Crippen molar-refractivity contribution in [2.24, 2.45) is 5.92 Å². The number of nitrogens with one attached hydrogen (secondary N) is 3.